The van der Waals surface area contributed by atoms with Gasteiger partial charge < -0.3 is 4.90 Å². The number of carbonyl (C=O) groups excluding carboxylic acids is 1. The van der Waals surface area contributed by atoms with Crippen LogP contribution in [0.2, 0.25) is 0 Å². The number of nitrogens with zero attached hydrogens (tertiary/aromatic N) is 1. The maximum absolute atomic E-state index is 13.2. The second-order valence-corrected chi connectivity index (χ2v) is 5.43. The van der Waals surface area contributed by atoms with Gasteiger partial charge in [0, 0.05) is 17.0 Å². The van der Waals surface area contributed by atoms with E-state index in [4.69, 9.17) is 0 Å². The molecular weight excluding hydrogens is 268 g/mol. The highest BCUT2D eigenvalue weighted by Crippen LogP contribution is 2.36. The zero-order valence-corrected chi connectivity index (χ0v) is 10.8. The van der Waals surface area contributed by atoms with E-state index >= 15 is 0 Å². The molecule has 0 N–H and O–H groups in total. The van der Waals surface area contributed by atoms with Gasteiger partial charge in [0.2, 0.25) is 0 Å². The molecule has 0 aliphatic carbocycles. The summed E-state index contributed by atoms with van der Waals surface area (Å²) in [4.78, 5) is 15.1. The van der Waals surface area contributed by atoms with Crippen LogP contribution in [0.25, 0.3) is 0 Å². The number of thiophene rings is 1. The monoisotopic (exact) mass is 279 g/mol. The Morgan fingerprint density at radius 2 is 2.11 bits per heavy atom. The predicted octanol–water partition coefficient (Wildman–Crippen LogP) is 3.61. The van der Waals surface area contributed by atoms with Crippen molar-refractivity contribution < 1.29 is 13.6 Å². The minimum atomic E-state index is -0.987. The van der Waals surface area contributed by atoms with Crippen molar-refractivity contribution >= 4 is 17.2 Å². The summed E-state index contributed by atoms with van der Waals surface area (Å²) in [7, 11) is 0. The molecule has 1 unspecified atom stereocenters. The van der Waals surface area contributed by atoms with Crippen LogP contribution < -0.4 is 0 Å². The summed E-state index contributed by atoms with van der Waals surface area (Å²) in [5, 5.41) is 1.97. The Morgan fingerprint density at radius 3 is 2.68 bits per heavy atom. The summed E-state index contributed by atoms with van der Waals surface area (Å²) in [6, 6.07) is 7.27. The minimum Gasteiger partial charge on any atom is -0.331 e. The normalized spacial score (nSPS) is 18.2. The summed E-state index contributed by atoms with van der Waals surface area (Å²) >= 11 is 1.60. The van der Waals surface area contributed by atoms with Gasteiger partial charge in [-0.25, -0.2) is 8.78 Å². The topological polar surface area (TPSA) is 20.3 Å². The van der Waals surface area contributed by atoms with E-state index in [-0.39, 0.29) is 17.5 Å². The van der Waals surface area contributed by atoms with Gasteiger partial charge in [-0.05, 0) is 36.1 Å². The number of hydrogen-bond donors (Lipinski definition) is 0. The fourth-order valence-corrected chi connectivity index (χ4v) is 3.08. The maximum Gasteiger partial charge on any atom is 0.254 e. The minimum absolute atomic E-state index is 0.0700. The van der Waals surface area contributed by atoms with Crippen LogP contribution in [0.5, 0.6) is 0 Å². The molecule has 1 amide bonds. The fourth-order valence-electron chi connectivity index (χ4n) is 2.20. The first-order valence-corrected chi connectivity index (χ1v) is 6.84. The van der Waals surface area contributed by atoms with Gasteiger partial charge >= 0.3 is 0 Å². The lowest BCUT2D eigenvalue weighted by Gasteiger charge is -2.40. The van der Waals surface area contributed by atoms with Crippen molar-refractivity contribution in [1.29, 1.82) is 0 Å². The van der Waals surface area contributed by atoms with Gasteiger partial charge in [0.25, 0.3) is 5.91 Å². The van der Waals surface area contributed by atoms with Crippen LogP contribution in [-0.4, -0.2) is 17.4 Å². The lowest BCUT2D eigenvalue weighted by molar-refractivity contribution is 0.0467. The van der Waals surface area contributed by atoms with Crippen LogP contribution in [0.15, 0.2) is 35.7 Å². The Morgan fingerprint density at radius 1 is 1.26 bits per heavy atom. The van der Waals surface area contributed by atoms with Gasteiger partial charge in [-0.3, -0.25) is 4.79 Å². The Kier molecular flexibility index (Phi) is 3.06. The highest BCUT2D eigenvalue weighted by molar-refractivity contribution is 7.10. The Hall–Kier alpha value is -1.75. The quantitative estimate of drug-likeness (QED) is 0.822. The third-order valence-corrected chi connectivity index (χ3v) is 4.29. The largest absolute Gasteiger partial charge is 0.331 e. The first-order valence-electron chi connectivity index (χ1n) is 5.96. The maximum atomic E-state index is 13.2. The molecular formula is C14H11F2NOS. The molecule has 1 aliphatic rings. The lowest BCUT2D eigenvalue weighted by atomic mass is 9.99. The van der Waals surface area contributed by atoms with Crippen LogP contribution in [0.4, 0.5) is 8.78 Å². The average molecular weight is 279 g/mol. The van der Waals surface area contributed by atoms with Gasteiger partial charge in [0.05, 0.1) is 6.04 Å². The molecule has 0 saturated carbocycles. The van der Waals surface area contributed by atoms with Crippen LogP contribution in [0.3, 0.4) is 0 Å². The first-order chi connectivity index (χ1) is 9.16. The number of hydrogen-bond acceptors (Lipinski definition) is 2. The molecule has 2 heterocycles. The summed E-state index contributed by atoms with van der Waals surface area (Å²) in [5.74, 6) is -2.17. The summed E-state index contributed by atoms with van der Waals surface area (Å²) in [6.45, 7) is 0.653. The van der Waals surface area contributed by atoms with E-state index in [0.717, 1.165) is 23.4 Å². The van der Waals surface area contributed by atoms with E-state index < -0.39 is 11.6 Å². The van der Waals surface area contributed by atoms with Crippen molar-refractivity contribution in [2.24, 2.45) is 0 Å². The molecule has 1 saturated heterocycles. The molecule has 98 valence electrons. The van der Waals surface area contributed by atoms with E-state index in [9.17, 15) is 13.6 Å². The van der Waals surface area contributed by atoms with Crippen molar-refractivity contribution in [1.82, 2.24) is 4.90 Å². The van der Waals surface area contributed by atoms with Gasteiger partial charge in [-0.2, -0.15) is 0 Å². The Balaban J connectivity index is 1.82. The number of rotatable bonds is 2. The smallest absolute Gasteiger partial charge is 0.254 e. The molecule has 0 radical (unpaired) electrons. The third kappa shape index (κ3) is 2.14. The zero-order valence-electron chi connectivity index (χ0n) is 9.98. The lowest BCUT2D eigenvalue weighted by Crippen LogP contribution is -2.44. The van der Waals surface area contributed by atoms with Crippen LogP contribution in [0.1, 0.15) is 27.7 Å². The second kappa shape index (κ2) is 4.74. The number of likely N-dealkylation sites (tertiary alicyclic amines) is 1. The molecule has 1 aromatic heterocycles. The van der Waals surface area contributed by atoms with E-state index in [2.05, 4.69) is 0 Å². The highest BCUT2D eigenvalue weighted by Gasteiger charge is 2.34. The standard InChI is InChI=1S/C14H11F2NOS/c15-10-4-3-9(8-11(10)16)14(18)17-6-5-12(17)13-2-1-7-19-13/h1-4,7-8,12H,5-6H2. The second-order valence-electron chi connectivity index (χ2n) is 4.45. The first kappa shape index (κ1) is 12.3. The van der Waals surface area contributed by atoms with E-state index in [1.165, 1.54) is 6.07 Å². The molecule has 1 fully saturated rings. The SMILES string of the molecule is O=C(c1ccc(F)c(F)c1)N1CCC1c1cccs1. The highest BCUT2D eigenvalue weighted by atomic mass is 32.1. The van der Waals surface area contributed by atoms with Gasteiger partial charge in [0.1, 0.15) is 0 Å². The van der Waals surface area contributed by atoms with Gasteiger partial charge in [0.15, 0.2) is 11.6 Å². The van der Waals surface area contributed by atoms with Gasteiger partial charge in [-0.1, -0.05) is 6.07 Å². The molecule has 1 aliphatic heterocycles. The molecule has 0 spiro atoms. The zero-order chi connectivity index (χ0) is 13.4. The predicted molar refractivity (Wildman–Crippen MR) is 69.1 cm³/mol. The number of halogens is 2. The molecule has 1 atom stereocenters. The molecule has 2 aromatic rings. The van der Waals surface area contributed by atoms with Crippen molar-refractivity contribution in [3.8, 4) is 0 Å². The van der Waals surface area contributed by atoms with Crippen molar-refractivity contribution in [2.75, 3.05) is 6.54 Å². The average Bonchev–Trinajstić information content (AvgIpc) is 2.84. The molecule has 19 heavy (non-hydrogen) atoms. The molecule has 1 aromatic carbocycles. The summed E-state index contributed by atoms with van der Waals surface area (Å²) in [6.07, 6.45) is 0.913. The van der Waals surface area contributed by atoms with E-state index in [1.807, 2.05) is 17.5 Å². The Bertz CT molecular complexity index is 612. The Labute approximate surface area is 113 Å². The summed E-state index contributed by atoms with van der Waals surface area (Å²) in [5.41, 5.74) is 0.195. The third-order valence-electron chi connectivity index (χ3n) is 3.32. The summed E-state index contributed by atoms with van der Waals surface area (Å²) < 4.78 is 26.0. The van der Waals surface area contributed by atoms with Crippen molar-refractivity contribution in [3.05, 3.63) is 57.8 Å². The van der Waals surface area contributed by atoms with E-state index in [1.54, 1.807) is 16.2 Å². The number of benzene rings is 1. The van der Waals surface area contributed by atoms with Crippen LogP contribution in [0, 0.1) is 11.6 Å². The van der Waals surface area contributed by atoms with Crippen LogP contribution in [-0.2, 0) is 0 Å². The van der Waals surface area contributed by atoms with Crippen LogP contribution >= 0.6 is 11.3 Å². The number of carbonyl (C=O) groups is 1. The molecule has 3 rings (SSSR count). The van der Waals surface area contributed by atoms with E-state index in [0.29, 0.717) is 6.54 Å². The number of amides is 1. The molecule has 2 nitrogen and oxygen atoms in total. The van der Waals surface area contributed by atoms with Gasteiger partial charge in [-0.15, -0.1) is 11.3 Å². The molecule has 5 heteroatoms. The van der Waals surface area contributed by atoms with Crippen molar-refractivity contribution in [2.45, 2.75) is 12.5 Å². The molecule has 0 bridgehead atoms. The fraction of sp³-hybridized carbons (Fsp3) is 0.214. The van der Waals surface area contributed by atoms with Crippen molar-refractivity contribution in [3.63, 3.8) is 0 Å².